The molecule has 1 amide bonds. The minimum absolute atomic E-state index is 0.0693. The Morgan fingerprint density at radius 3 is 2.93 bits per heavy atom. The van der Waals surface area contributed by atoms with Crippen molar-refractivity contribution in [3.05, 3.63) is 0 Å². The summed E-state index contributed by atoms with van der Waals surface area (Å²) in [7, 11) is 0. The van der Waals surface area contributed by atoms with Crippen molar-refractivity contribution >= 4 is 5.91 Å². The van der Waals surface area contributed by atoms with Crippen molar-refractivity contribution in [2.24, 2.45) is 0 Å². The lowest BCUT2D eigenvalue weighted by molar-refractivity contribution is -0.130. The SMILES string of the molecule is O=C(NCC1CCCCN1)[C@H]1CCCO1. The first-order valence-electron chi connectivity index (χ1n) is 5.99. The summed E-state index contributed by atoms with van der Waals surface area (Å²) in [6, 6.07) is 0.462. The Morgan fingerprint density at radius 1 is 1.33 bits per heavy atom. The first kappa shape index (κ1) is 10.9. The highest BCUT2D eigenvalue weighted by Gasteiger charge is 2.24. The molecule has 0 aromatic carbocycles. The van der Waals surface area contributed by atoms with Gasteiger partial charge in [0.05, 0.1) is 0 Å². The number of piperidine rings is 1. The van der Waals surface area contributed by atoms with Crippen molar-refractivity contribution in [2.75, 3.05) is 19.7 Å². The largest absolute Gasteiger partial charge is 0.368 e. The van der Waals surface area contributed by atoms with Gasteiger partial charge in [0.15, 0.2) is 0 Å². The van der Waals surface area contributed by atoms with Crippen LogP contribution in [0.25, 0.3) is 0 Å². The number of ether oxygens (including phenoxy) is 1. The summed E-state index contributed by atoms with van der Waals surface area (Å²) < 4.78 is 5.32. The van der Waals surface area contributed by atoms with Gasteiger partial charge in [-0.3, -0.25) is 4.79 Å². The number of hydrogen-bond acceptors (Lipinski definition) is 3. The zero-order valence-electron chi connectivity index (χ0n) is 9.13. The van der Waals surface area contributed by atoms with Crippen molar-refractivity contribution < 1.29 is 9.53 Å². The molecule has 0 aromatic heterocycles. The summed E-state index contributed by atoms with van der Waals surface area (Å²) in [4.78, 5) is 11.6. The van der Waals surface area contributed by atoms with Gasteiger partial charge in [0, 0.05) is 19.2 Å². The molecule has 0 saturated carbocycles. The van der Waals surface area contributed by atoms with E-state index in [2.05, 4.69) is 10.6 Å². The third kappa shape index (κ3) is 3.18. The van der Waals surface area contributed by atoms with E-state index in [9.17, 15) is 4.79 Å². The van der Waals surface area contributed by atoms with Gasteiger partial charge in [-0.05, 0) is 32.2 Å². The predicted molar refractivity (Wildman–Crippen MR) is 57.6 cm³/mol. The molecule has 0 bridgehead atoms. The smallest absolute Gasteiger partial charge is 0.249 e. The molecule has 4 nitrogen and oxygen atoms in total. The van der Waals surface area contributed by atoms with Gasteiger partial charge in [0.2, 0.25) is 5.91 Å². The van der Waals surface area contributed by atoms with E-state index in [4.69, 9.17) is 4.74 Å². The quantitative estimate of drug-likeness (QED) is 0.713. The lowest BCUT2D eigenvalue weighted by atomic mass is 10.1. The van der Waals surface area contributed by atoms with E-state index in [-0.39, 0.29) is 12.0 Å². The molecular formula is C11H20N2O2. The first-order chi connectivity index (χ1) is 7.36. The summed E-state index contributed by atoms with van der Waals surface area (Å²) in [5.41, 5.74) is 0. The summed E-state index contributed by atoms with van der Waals surface area (Å²) in [5, 5.41) is 6.38. The molecule has 1 unspecified atom stereocenters. The van der Waals surface area contributed by atoms with Crippen LogP contribution in [0.15, 0.2) is 0 Å². The molecule has 86 valence electrons. The van der Waals surface area contributed by atoms with Crippen LogP contribution in [0.5, 0.6) is 0 Å². The van der Waals surface area contributed by atoms with Gasteiger partial charge in [0.25, 0.3) is 0 Å². The highest BCUT2D eigenvalue weighted by Crippen LogP contribution is 2.12. The van der Waals surface area contributed by atoms with Crippen molar-refractivity contribution in [3.63, 3.8) is 0 Å². The molecule has 2 aliphatic rings. The molecule has 4 heteroatoms. The lowest BCUT2D eigenvalue weighted by Crippen LogP contribution is -2.45. The van der Waals surface area contributed by atoms with Crippen LogP contribution in [-0.2, 0) is 9.53 Å². The highest BCUT2D eigenvalue weighted by molar-refractivity contribution is 5.80. The van der Waals surface area contributed by atoms with Crippen LogP contribution in [-0.4, -0.2) is 37.7 Å². The van der Waals surface area contributed by atoms with E-state index < -0.39 is 0 Å². The van der Waals surface area contributed by atoms with E-state index in [0.717, 1.165) is 32.5 Å². The zero-order valence-corrected chi connectivity index (χ0v) is 9.13. The number of amides is 1. The second kappa shape index (κ2) is 5.47. The van der Waals surface area contributed by atoms with Gasteiger partial charge >= 0.3 is 0 Å². The second-order valence-electron chi connectivity index (χ2n) is 4.39. The molecule has 2 heterocycles. The fraction of sp³-hybridized carbons (Fsp3) is 0.909. The highest BCUT2D eigenvalue weighted by atomic mass is 16.5. The van der Waals surface area contributed by atoms with Crippen LogP contribution in [0, 0.1) is 0 Å². The molecule has 2 rings (SSSR count). The minimum Gasteiger partial charge on any atom is -0.368 e. The van der Waals surface area contributed by atoms with E-state index in [1.165, 1.54) is 19.3 Å². The lowest BCUT2D eigenvalue weighted by Gasteiger charge is -2.24. The molecule has 2 fully saturated rings. The molecule has 2 atom stereocenters. The van der Waals surface area contributed by atoms with Crippen molar-refractivity contribution in [2.45, 2.75) is 44.2 Å². The maximum absolute atomic E-state index is 11.6. The molecule has 0 radical (unpaired) electrons. The molecular weight excluding hydrogens is 192 g/mol. The predicted octanol–water partition coefficient (Wildman–Crippen LogP) is 0.424. The Bertz CT molecular complexity index is 209. The summed E-state index contributed by atoms with van der Waals surface area (Å²) >= 11 is 0. The van der Waals surface area contributed by atoms with Gasteiger partial charge in [-0.15, -0.1) is 0 Å². The number of carbonyl (C=O) groups is 1. The van der Waals surface area contributed by atoms with Crippen LogP contribution in [0.4, 0.5) is 0 Å². The molecule has 0 spiro atoms. The molecule has 15 heavy (non-hydrogen) atoms. The minimum atomic E-state index is -0.186. The second-order valence-corrected chi connectivity index (χ2v) is 4.39. The summed E-state index contributed by atoms with van der Waals surface area (Å²) in [5.74, 6) is 0.0693. The zero-order chi connectivity index (χ0) is 10.5. The Balaban J connectivity index is 1.65. The van der Waals surface area contributed by atoms with E-state index in [1.54, 1.807) is 0 Å². The van der Waals surface area contributed by atoms with E-state index in [1.807, 2.05) is 0 Å². The fourth-order valence-corrected chi connectivity index (χ4v) is 2.22. The average Bonchev–Trinajstić information content (AvgIpc) is 2.81. The van der Waals surface area contributed by atoms with Crippen molar-refractivity contribution in [1.29, 1.82) is 0 Å². The number of carbonyl (C=O) groups excluding carboxylic acids is 1. The first-order valence-corrected chi connectivity index (χ1v) is 5.99. The van der Waals surface area contributed by atoms with Crippen molar-refractivity contribution in [3.8, 4) is 0 Å². The van der Waals surface area contributed by atoms with Gasteiger partial charge < -0.3 is 15.4 Å². The third-order valence-corrected chi connectivity index (χ3v) is 3.16. The molecule has 0 aromatic rings. The Hall–Kier alpha value is -0.610. The number of hydrogen-bond donors (Lipinski definition) is 2. The van der Waals surface area contributed by atoms with E-state index in [0.29, 0.717) is 6.04 Å². The van der Waals surface area contributed by atoms with Crippen LogP contribution >= 0.6 is 0 Å². The van der Waals surface area contributed by atoms with Gasteiger partial charge in [-0.2, -0.15) is 0 Å². The Morgan fingerprint density at radius 2 is 2.27 bits per heavy atom. The fourth-order valence-electron chi connectivity index (χ4n) is 2.22. The maximum Gasteiger partial charge on any atom is 0.249 e. The normalized spacial score (nSPS) is 31.5. The molecule has 0 aliphatic carbocycles. The maximum atomic E-state index is 11.6. The standard InChI is InChI=1S/C11H20N2O2/c14-11(10-5-3-7-15-10)13-8-9-4-1-2-6-12-9/h9-10,12H,1-8H2,(H,13,14)/t9?,10-/m1/s1. The summed E-state index contributed by atoms with van der Waals surface area (Å²) in [6.45, 7) is 2.57. The van der Waals surface area contributed by atoms with Gasteiger partial charge in [-0.1, -0.05) is 6.42 Å². The van der Waals surface area contributed by atoms with Crippen LogP contribution in [0.2, 0.25) is 0 Å². The molecule has 2 aliphatic heterocycles. The van der Waals surface area contributed by atoms with Crippen LogP contribution < -0.4 is 10.6 Å². The third-order valence-electron chi connectivity index (χ3n) is 3.16. The van der Waals surface area contributed by atoms with Crippen molar-refractivity contribution in [1.82, 2.24) is 10.6 Å². The molecule has 2 N–H and O–H groups in total. The van der Waals surface area contributed by atoms with Gasteiger partial charge in [0.1, 0.15) is 6.10 Å². The van der Waals surface area contributed by atoms with Crippen LogP contribution in [0.3, 0.4) is 0 Å². The average molecular weight is 212 g/mol. The van der Waals surface area contributed by atoms with E-state index >= 15 is 0 Å². The summed E-state index contributed by atoms with van der Waals surface area (Å²) in [6.07, 6.45) is 5.41. The van der Waals surface area contributed by atoms with Gasteiger partial charge in [-0.25, -0.2) is 0 Å². The molecule has 2 saturated heterocycles. The Kier molecular flexibility index (Phi) is 3.97. The van der Waals surface area contributed by atoms with Crippen LogP contribution in [0.1, 0.15) is 32.1 Å². The Labute approximate surface area is 90.8 Å². The topological polar surface area (TPSA) is 50.4 Å². The monoisotopic (exact) mass is 212 g/mol. The number of nitrogens with one attached hydrogen (secondary N) is 2. The number of rotatable bonds is 3.